The van der Waals surface area contributed by atoms with Crippen molar-refractivity contribution < 1.29 is 28.9 Å². The lowest BCUT2D eigenvalue weighted by Crippen LogP contribution is -2.29. The number of aliphatic hydroxyl groups excluding tert-OH is 1. The number of carbonyl (C=O) groups excluding carboxylic acids is 2. The van der Waals surface area contributed by atoms with Gasteiger partial charge in [0.25, 0.3) is 11.7 Å². The molecule has 1 aromatic heterocycles. The third kappa shape index (κ3) is 3.94. The molecule has 192 valence electrons. The number of amides is 1. The fourth-order valence-corrected chi connectivity index (χ4v) is 4.88. The molecule has 4 aromatic rings. The molecule has 8 nitrogen and oxygen atoms in total. The van der Waals surface area contributed by atoms with Gasteiger partial charge in [0.05, 0.1) is 18.2 Å². The van der Waals surface area contributed by atoms with Crippen LogP contribution in [0.4, 0.5) is 5.69 Å². The third-order valence-electron chi connectivity index (χ3n) is 6.71. The average molecular weight is 511 g/mol. The van der Waals surface area contributed by atoms with Gasteiger partial charge in [0.1, 0.15) is 11.5 Å². The molecule has 0 spiro atoms. The lowest BCUT2D eigenvalue weighted by molar-refractivity contribution is -0.132. The Hall–Kier alpha value is -4.72. The molecule has 2 N–H and O–H groups in total. The van der Waals surface area contributed by atoms with E-state index in [2.05, 4.69) is 18.8 Å². The summed E-state index contributed by atoms with van der Waals surface area (Å²) in [4.78, 5) is 31.7. The van der Waals surface area contributed by atoms with Crippen LogP contribution in [-0.2, 0) is 9.59 Å². The van der Waals surface area contributed by atoms with E-state index < -0.39 is 17.7 Å². The molecule has 8 heteroatoms. The van der Waals surface area contributed by atoms with E-state index in [0.717, 1.165) is 10.9 Å². The fourth-order valence-electron chi connectivity index (χ4n) is 4.88. The number of fused-ring (bicyclic) bond motifs is 2. The normalized spacial score (nSPS) is 18.1. The van der Waals surface area contributed by atoms with E-state index >= 15 is 0 Å². The highest BCUT2D eigenvalue weighted by molar-refractivity contribution is 6.52. The Labute approximate surface area is 219 Å². The molecular formula is C30H26N2O6. The van der Waals surface area contributed by atoms with Crippen LogP contribution in [0.15, 0.2) is 78.5 Å². The standard InChI is InChI=1S/C30H26N2O6/c1-17(2)15-36-20-10-7-18(8-11-20)28(33)26-27(22-14-31-23-6-4-3-5-21(22)23)32(30(35)29(26)34)19-9-12-24-25(13-19)38-16-37-24/h3-14,17,27,31,33H,15-16H2,1-2H3/b28-26+. The predicted octanol–water partition coefficient (Wildman–Crippen LogP) is 5.56. The molecule has 6 rings (SSSR count). The van der Waals surface area contributed by atoms with E-state index in [9.17, 15) is 14.7 Å². The van der Waals surface area contributed by atoms with Gasteiger partial charge in [-0.1, -0.05) is 32.0 Å². The average Bonchev–Trinajstić information content (AvgIpc) is 3.63. The SMILES string of the molecule is CC(C)COc1ccc(/C(O)=C2\C(=O)C(=O)N(c3ccc4c(c3)OCO4)C2c2c[nH]c3ccccc23)cc1. The minimum absolute atomic E-state index is 0.00766. The maximum atomic E-state index is 13.5. The number of aromatic nitrogens is 1. The molecule has 3 heterocycles. The van der Waals surface area contributed by atoms with Gasteiger partial charge in [-0.3, -0.25) is 14.5 Å². The molecule has 0 aliphatic carbocycles. The van der Waals surface area contributed by atoms with Crippen molar-refractivity contribution in [2.45, 2.75) is 19.9 Å². The van der Waals surface area contributed by atoms with Gasteiger partial charge in [0, 0.05) is 40.0 Å². The number of Topliss-reactive ketones (excluding diaryl/α,β-unsaturated/α-hetero) is 1. The lowest BCUT2D eigenvalue weighted by Gasteiger charge is -2.25. The Kier molecular flexibility index (Phi) is 5.79. The van der Waals surface area contributed by atoms with Crippen LogP contribution in [0, 0.1) is 5.92 Å². The van der Waals surface area contributed by atoms with Gasteiger partial charge in [0.2, 0.25) is 6.79 Å². The number of H-pyrrole nitrogens is 1. The summed E-state index contributed by atoms with van der Waals surface area (Å²) in [6.45, 7) is 4.76. The quantitative estimate of drug-likeness (QED) is 0.200. The number of carbonyl (C=O) groups is 2. The van der Waals surface area contributed by atoms with Gasteiger partial charge in [-0.15, -0.1) is 0 Å². The molecule has 1 amide bonds. The van der Waals surface area contributed by atoms with E-state index in [-0.39, 0.29) is 18.1 Å². The van der Waals surface area contributed by atoms with Crippen molar-refractivity contribution in [3.05, 3.63) is 89.6 Å². The third-order valence-corrected chi connectivity index (χ3v) is 6.71. The number of ether oxygens (including phenoxy) is 3. The number of anilines is 1. The summed E-state index contributed by atoms with van der Waals surface area (Å²) in [5.74, 6) is 0.314. The van der Waals surface area contributed by atoms with Crippen LogP contribution in [0.3, 0.4) is 0 Å². The Morgan fingerprint density at radius 1 is 1.05 bits per heavy atom. The zero-order valence-electron chi connectivity index (χ0n) is 20.9. The van der Waals surface area contributed by atoms with Gasteiger partial charge in [0.15, 0.2) is 11.5 Å². The van der Waals surface area contributed by atoms with Crippen molar-refractivity contribution in [1.29, 1.82) is 0 Å². The second-order valence-corrected chi connectivity index (χ2v) is 9.73. The van der Waals surface area contributed by atoms with Crippen LogP contribution in [-0.4, -0.2) is 35.2 Å². The summed E-state index contributed by atoms with van der Waals surface area (Å²) >= 11 is 0. The lowest BCUT2D eigenvalue weighted by atomic mass is 9.94. The molecule has 2 aliphatic rings. The Bertz CT molecular complexity index is 1580. The van der Waals surface area contributed by atoms with Crippen molar-refractivity contribution in [1.82, 2.24) is 4.98 Å². The summed E-state index contributed by atoms with van der Waals surface area (Å²) < 4.78 is 16.7. The molecule has 3 aromatic carbocycles. The molecule has 1 saturated heterocycles. The summed E-state index contributed by atoms with van der Waals surface area (Å²) in [7, 11) is 0. The van der Waals surface area contributed by atoms with E-state index in [1.54, 1.807) is 48.7 Å². The summed E-state index contributed by atoms with van der Waals surface area (Å²) in [6.07, 6.45) is 1.78. The zero-order valence-corrected chi connectivity index (χ0v) is 20.9. The van der Waals surface area contributed by atoms with Crippen molar-refractivity contribution in [2.75, 3.05) is 18.3 Å². The number of ketones is 1. The Morgan fingerprint density at radius 2 is 1.82 bits per heavy atom. The molecule has 0 saturated carbocycles. The number of aliphatic hydroxyl groups is 1. The number of hydrogen-bond donors (Lipinski definition) is 2. The molecular weight excluding hydrogens is 484 g/mol. The molecule has 1 unspecified atom stereocenters. The predicted molar refractivity (Wildman–Crippen MR) is 142 cm³/mol. The number of aromatic amines is 1. The van der Waals surface area contributed by atoms with Crippen LogP contribution in [0.25, 0.3) is 16.7 Å². The number of benzene rings is 3. The molecule has 1 atom stereocenters. The highest BCUT2D eigenvalue weighted by Crippen LogP contribution is 2.46. The second kappa shape index (κ2) is 9.30. The van der Waals surface area contributed by atoms with E-state index in [1.807, 2.05) is 24.3 Å². The highest BCUT2D eigenvalue weighted by Gasteiger charge is 2.48. The number of hydrogen-bond acceptors (Lipinski definition) is 6. The van der Waals surface area contributed by atoms with Crippen molar-refractivity contribution in [2.24, 2.45) is 5.92 Å². The first-order valence-electron chi connectivity index (χ1n) is 12.4. The van der Waals surface area contributed by atoms with Gasteiger partial charge >= 0.3 is 0 Å². The second-order valence-electron chi connectivity index (χ2n) is 9.73. The van der Waals surface area contributed by atoms with E-state index in [4.69, 9.17) is 14.2 Å². The first-order chi connectivity index (χ1) is 18.4. The number of para-hydroxylation sites is 1. The van der Waals surface area contributed by atoms with Crippen LogP contribution in [0.2, 0.25) is 0 Å². The van der Waals surface area contributed by atoms with Crippen molar-refractivity contribution >= 4 is 34.0 Å². The molecule has 38 heavy (non-hydrogen) atoms. The minimum atomic E-state index is -0.872. The first-order valence-corrected chi connectivity index (χ1v) is 12.4. The van der Waals surface area contributed by atoms with Gasteiger partial charge in [-0.2, -0.15) is 0 Å². The molecule has 0 bridgehead atoms. The summed E-state index contributed by atoms with van der Waals surface area (Å²) in [6, 6.07) is 18.7. The van der Waals surface area contributed by atoms with Gasteiger partial charge in [-0.05, 0) is 48.4 Å². The van der Waals surface area contributed by atoms with Gasteiger partial charge in [-0.25, -0.2) is 0 Å². The zero-order chi connectivity index (χ0) is 26.4. The molecule has 1 fully saturated rings. The Morgan fingerprint density at radius 3 is 2.61 bits per heavy atom. The van der Waals surface area contributed by atoms with Crippen LogP contribution < -0.4 is 19.1 Å². The van der Waals surface area contributed by atoms with Crippen molar-refractivity contribution in [3.63, 3.8) is 0 Å². The van der Waals surface area contributed by atoms with Crippen LogP contribution in [0.1, 0.15) is 31.0 Å². The number of nitrogens with one attached hydrogen (secondary N) is 1. The topological polar surface area (TPSA) is 101 Å². The van der Waals surface area contributed by atoms with Crippen molar-refractivity contribution in [3.8, 4) is 17.2 Å². The maximum absolute atomic E-state index is 13.5. The molecule has 2 aliphatic heterocycles. The maximum Gasteiger partial charge on any atom is 0.300 e. The van der Waals surface area contributed by atoms with Crippen LogP contribution >= 0.6 is 0 Å². The van der Waals surface area contributed by atoms with E-state index in [1.165, 1.54) is 4.90 Å². The fraction of sp³-hybridized carbons (Fsp3) is 0.200. The first kappa shape index (κ1) is 23.7. The summed E-state index contributed by atoms with van der Waals surface area (Å²) in [5.41, 5.74) is 2.42. The highest BCUT2D eigenvalue weighted by atomic mass is 16.7. The van der Waals surface area contributed by atoms with Crippen LogP contribution in [0.5, 0.6) is 17.2 Å². The van der Waals surface area contributed by atoms with E-state index in [0.29, 0.717) is 46.6 Å². The minimum Gasteiger partial charge on any atom is -0.507 e. The number of nitrogens with zero attached hydrogens (tertiary/aromatic N) is 1. The molecule has 0 radical (unpaired) electrons. The Balaban J connectivity index is 1.49. The summed E-state index contributed by atoms with van der Waals surface area (Å²) in [5, 5.41) is 12.3. The smallest absolute Gasteiger partial charge is 0.300 e. The largest absolute Gasteiger partial charge is 0.507 e. The van der Waals surface area contributed by atoms with Gasteiger partial charge < -0.3 is 24.3 Å². The number of rotatable bonds is 6. The monoisotopic (exact) mass is 510 g/mol.